The maximum atomic E-state index is 11.8. The van der Waals surface area contributed by atoms with Crippen LogP contribution in [0.1, 0.15) is 6.92 Å². The lowest BCUT2D eigenvalue weighted by Gasteiger charge is -2.45. The number of hydrogen-bond donors (Lipinski definition) is 3. The normalized spacial score (nSPS) is 31.8. The highest BCUT2D eigenvalue weighted by Crippen LogP contribution is 2.35. The molecule has 0 aromatic carbocycles. The Morgan fingerprint density at radius 3 is 2.53 bits per heavy atom. The summed E-state index contributed by atoms with van der Waals surface area (Å²) in [5, 5.41) is 22.0. The fourth-order valence-electron chi connectivity index (χ4n) is 2.89. The summed E-state index contributed by atoms with van der Waals surface area (Å²) in [6, 6.07) is 0. The van der Waals surface area contributed by atoms with Crippen molar-refractivity contribution in [2.75, 3.05) is 26.2 Å². The molecule has 2 atom stereocenters. The maximum absolute atomic E-state index is 11.8. The van der Waals surface area contributed by atoms with E-state index in [1.54, 1.807) is 19.1 Å². The Morgan fingerprint density at radius 2 is 2.00 bits per heavy atom. The average Bonchev–Trinajstić information content (AvgIpc) is 2.39. The molecular formula is C13H18N2O4. The van der Waals surface area contributed by atoms with Gasteiger partial charge in [0.05, 0.1) is 0 Å². The highest BCUT2D eigenvalue weighted by atomic mass is 16.4. The zero-order valence-corrected chi connectivity index (χ0v) is 10.8. The Hall–Kier alpha value is -1.66. The molecule has 1 heterocycles. The number of carboxylic acids is 2. The minimum Gasteiger partial charge on any atom is -0.480 e. The third-order valence-corrected chi connectivity index (χ3v) is 3.98. The first-order valence-electron chi connectivity index (χ1n) is 6.32. The van der Waals surface area contributed by atoms with E-state index in [2.05, 4.69) is 5.32 Å². The van der Waals surface area contributed by atoms with Gasteiger partial charge in [0.15, 0.2) is 0 Å². The first-order chi connectivity index (χ1) is 9.00. The Bertz CT molecular complexity index is 452. The van der Waals surface area contributed by atoms with Crippen molar-refractivity contribution in [3.63, 3.8) is 0 Å². The monoisotopic (exact) mass is 266 g/mol. The number of hydrogen-bond acceptors (Lipinski definition) is 4. The van der Waals surface area contributed by atoms with Crippen LogP contribution in [-0.4, -0.2) is 58.8 Å². The fraction of sp³-hybridized carbons (Fsp3) is 0.538. The van der Waals surface area contributed by atoms with Crippen LogP contribution in [-0.2, 0) is 9.59 Å². The van der Waals surface area contributed by atoms with Crippen LogP contribution in [0.3, 0.4) is 0 Å². The Kier molecular flexibility index (Phi) is 3.73. The van der Waals surface area contributed by atoms with Crippen molar-refractivity contribution in [2.45, 2.75) is 12.5 Å². The van der Waals surface area contributed by atoms with Gasteiger partial charge in [0.2, 0.25) is 0 Å². The van der Waals surface area contributed by atoms with Gasteiger partial charge in [-0.05, 0) is 0 Å². The molecule has 6 nitrogen and oxygen atoms in total. The summed E-state index contributed by atoms with van der Waals surface area (Å²) < 4.78 is 0. The van der Waals surface area contributed by atoms with E-state index in [0.29, 0.717) is 26.2 Å². The second kappa shape index (κ2) is 5.14. The molecule has 0 amide bonds. The van der Waals surface area contributed by atoms with Crippen LogP contribution >= 0.6 is 0 Å². The molecule has 6 heteroatoms. The van der Waals surface area contributed by atoms with Gasteiger partial charge in [0, 0.05) is 37.7 Å². The highest BCUT2D eigenvalue weighted by Gasteiger charge is 2.50. The molecule has 19 heavy (non-hydrogen) atoms. The van der Waals surface area contributed by atoms with E-state index in [1.807, 2.05) is 4.90 Å². The average molecular weight is 266 g/mol. The van der Waals surface area contributed by atoms with E-state index < -0.39 is 23.4 Å². The van der Waals surface area contributed by atoms with Crippen molar-refractivity contribution in [1.82, 2.24) is 10.2 Å². The first-order valence-corrected chi connectivity index (χ1v) is 6.32. The Labute approximate surface area is 111 Å². The SMILES string of the molecule is CC1C(C(=O)O)=CC=CC1(C(=O)O)N1CCNCC1. The Balaban J connectivity index is 2.40. The number of carbonyl (C=O) groups is 2. The summed E-state index contributed by atoms with van der Waals surface area (Å²) in [6.07, 6.45) is 4.63. The van der Waals surface area contributed by atoms with Gasteiger partial charge in [0.1, 0.15) is 5.54 Å². The molecule has 1 saturated heterocycles. The van der Waals surface area contributed by atoms with Crippen LogP contribution in [0, 0.1) is 5.92 Å². The molecule has 2 unspecified atom stereocenters. The lowest BCUT2D eigenvalue weighted by atomic mass is 9.75. The summed E-state index contributed by atoms with van der Waals surface area (Å²) in [7, 11) is 0. The molecule has 1 fully saturated rings. The highest BCUT2D eigenvalue weighted by molar-refractivity contribution is 5.92. The molecule has 0 saturated carbocycles. The van der Waals surface area contributed by atoms with E-state index in [4.69, 9.17) is 0 Å². The molecular weight excluding hydrogens is 248 g/mol. The zero-order chi connectivity index (χ0) is 14.0. The molecule has 1 aliphatic carbocycles. The Morgan fingerprint density at radius 1 is 1.37 bits per heavy atom. The largest absolute Gasteiger partial charge is 0.480 e. The molecule has 2 rings (SSSR count). The van der Waals surface area contributed by atoms with Crippen molar-refractivity contribution in [2.24, 2.45) is 5.92 Å². The van der Waals surface area contributed by atoms with E-state index in [0.717, 1.165) is 0 Å². The van der Waals surface area contributed by atoms with Gasteiger partial charge in [-0.3, -0.25) is 4.90 Å². The molecule has 0 spiro atoms. The molecule has 0 aromatic heterocycles. The summed E-state index contributed by atoms with van der Waals surface area (Å²) in [6.45, 7) is 4.27. The number of rotatable bonds is 3. The summed E-state index contributed by atoms with van der Waals surface area (Å²) >= 11 is 0. The van der Waals surface area contributed by atoms with E-state index >= 15 is 0 Å². The van der Waals surface area contributed by atoms with Crippen LogP contribution in [0.25, 0.3) is 0 Å². The van der Waals surface area contributed by atoms with Crippen LogP contribution in [0.4, 0.5) is 0 Å². The van der Waals surface area contributed by atoms with E-state index in [-0.39, 0.29) is 5.57 Å². The fourth-order valence-corrected chi connectivity index (χ4v) is 2.89. The van der Waals surface area contributed by atoms with Crippen molar-refractivity contribution < 1.29 is 19.8 Å². The zero-order valence-electron chi connectivity index (χ0n) is 10.8. The molecule has 0 bridgehead atoms. The maximum Gasteiger partial charge on any atom is 0.331 e. The van der Waals surface area contributed by atoms with Crippen LogP contribution in [0.15, 0.2) is 23.8 Å². The van der Waals surface area contributed by atoms with Crippen molar-refractivity contribution >= 4 is 11.9 Å². The molecule has 0 radical (unpaired) electrons. The lowest BCUT2D eigenvalue weighted by molar-refractivity contribution is -0.151. The third kappa shape index (κ3) is 2.17. The van der Waals surface area contributed by atoms with Gasteiger partial charge in [0.25, 0.3) is 0 Å². The standard InChI is InChI=1S/C13H18N2O4/c1-9-10(11(16)17)3-2-4-13(9,12(18)19)15-7-5-14-6-8-15/h2-4,9,14H,5-8H2,1H3,(H,16,17)(H,18,19). The van der Waals surface area contributed by atoms with Gasteiger partial charge < -0.3 is 15.5 Å². The van der Waals surface area contributed by atoms with Crippen molar-refractivity contribution in [3.8, 4) is 0 Å². The summed E-state index contributed by atoms with van der Waals surface area (Å²) in [5.74, 6) is -2.65. The van der Waals surface area contributed by atoms with Crippen LogP contribution in [0.5, 0.6) is 0 Å². The van der Waals surface area contributed by atoms with Gasteiger partial charge in [-0.2, -0.15) is 0 Å². The number of nitrogens with one attached hydrogen (secondary N) is 1. The quantitative estimate of drug-likeness (QED) is 0.662. The number of piperazine rings is 1. The van der Waals surface area contributed by atoms with Crippen molar-refractivity contribution in [3.05, 3.63) is 23.8 Å². The van der Waals surface area contributed by atoms with Crippen LogP contribution in [0.2, 0.25) is 0 Å². The predicted octanol–water partition coefficient (Wildman–Crippen LogP) is -0.0681. The summed E-state index contributed by atoms with van der Waals surface area (Å²) in [4.78, 5) is 24.9. The number of carboxylic acid groups (broad SMARTS) is 2. The number of nitrogens with zero attached hydrogens (tertiary/aromatic N) is 1. The molecule has 0 aromatic rings. The second-order valence-corrected chi connectivity index (χ2v) is 4.88. The van der Waals surface area contributed by atoms with Gasteiger partial charge in [-0.1, -0.05) is 25.2 Å². The molecule has 2 aliphatic rings. The summed E-state index contributed by atoms with van der Waals surface area (Å²) in [5.41, 5.74) is -1.12. The molecule has 1 aliphatic heterocycles. The van der Waals surface area contributed by atoms with Gasteiger partial charge in [-0.15, -0.1) is 0 Å². The molecule has 3 N–H and O–H groups in total. The minimum absolute atomic E-state index is 0.142. The van der Waals surface area contributed by atoms with Gasteiger partial charge >= 0.3 is 11.9 Å². The number of aliphatic carboxylic acids is 2. The first kappa shape index (κ1) is 13.8. The lowest BCUT2D eigenvalue weighted by Crippen LogP contribution is -2.63. The number of allylic oxidation sites excluding steroid dienone is 2. The smallest absolute Gasteiger partial charge is 0.331 e. The topological polar surface area (TPSA) is 89.9 Å². The van der Waals surface area contributed by atoms with E-state index in [9.17, 15) is 19.8 Å². The minimum atomic E-state index is -1.26. The van der Waals surface area contributed by atoms with Gasteiger partial charge in [-0.25, -0.2) is 9.59 Å². The molecule has 104 valence electrons. The van der Waals surface area contributed by atoms with Crippen molar-refractivity contribution in [1.29, 1.82) is 0 Å². The predicted molar refractivity (Wildman–Crippen MR) is 68.8 cm³/mol. The van der Waals surface area contributed by atoms with E-state index in [1.165, 1.54) is 6.08 Å². The third-order valence-electron chi connectivity index (χ3n) is 3.98. The van der Waals surface area contributed by atoms with Crippen LogP contribution < -0.4 is 5.32 Å². The second-order valence-electron chi connectivity index (χ2n) is 4.88.